The Balaban J connectivity index is 1.40. The number of ether oxygens (including phenoxy) is 2. The van der Waals surface area contributed by atoms with Gasteiger partial charge in [-0.1, -0.05) is 107 Å². The Hall–Kier alpha value is -6.58. The second-order valence-electron chi connectivity index (χ2n) is 12.1. The molecule has 1 heterocycles. The molecule has 252 valence electrons. The first-order valence-corrected chi connectivity index (χ1v) is 16.4. The standard InChI is InChI=1S/C39H32N8O4/c40-46-44-33-16-7-1-10-26(33)24-39(38(49)42-35-30-13-4-2-11-28(30)29-12-3-5-14-31(29)35)36(32-15-6-8-17-34(32)45-47-41)51-37(43-39)25-18-20-27(21-19-25)50-23-9-22-48/h1-8,10-21,35-36,48H,9,22-24H2,(H,42,49)/t36-,39-/m1/s1. The fourth-order valence-corrected chi connectivity index (χ4v) is 6.77. The van der Waals surface area contributed by atoms with Gasteiger partial charge >= 0.3 is 0 Å². The quantitative estimate of drug-likeness (QED) is 0.0581. The van der Waals surface area contributed by atoms with Gasteiger partial charge in [0.2, 0.25) is 5.90 Å². The number of hydrogen-bond acceptors (Lipinski definition) is 7. The molecule has 12 heteroatoms. The summed E-state index contributed by atoms with van der Waals surface area (Å²) in [4.78, 5) is 26.5. The highest BCUT2D eigenvalue weighted by molar-refractivity contribution is 6.02. The van der Waals surface area contributed by atoms with Crippen molar-refractivity contribution in [3.05, 3.63) is 170 Å². The number of aliphatic imine (C=N–C) groups is 1. The van der Waals surface area contributed by atoms with Gasteiger partial charge in [-0.2, -0.15) is 0 Å². The van der Waals surface area contributed by atoms with Crippen molar-refractivity contribution >= 4 is 23.2 Å². The average Bonchev–Trinajstić information content (AvgIpc) is 3.70. The first-order chi connectivity index (χ1) is 25.1. The van der Waals surface area contributed by atoms with E-state index in [-0.39, 0.29) is 24.6 Å². The van der Waals surface area contributed by atoms with Crippen molar-refractivity contribution in [1.29, 1.82) is 0 Å². The number of azide groups is 2. The SMILES string of the molecule is [N-]=[N+]=Nc1ccccc1C[C@@]1(C(=O)NC2c3ccccc3-c3ccccc32)N=C(c2ccc(OCCCO)cc2)O[C@@H]1c1ccccc1N=[N+]=[N-]. The van der Waals surface area contributed by atoms with Gasteiger partial charge in [0.25, 0.3) is 5.91 Å². The van der Waals surface area contributed by atoms with Gasteiger partial charge in [0.15, 0.2) is 11.6 Å². The van der Waals surface area contributed by atoms with Crippen LogP contribution in [0.1, 0.15) is 46.4 Å². The molecular weight excluding hydrogens is 644 g/mol. The van der Waals surface area contributed by atoms with Crippen molar-refractivity contribution in [2.24, 2.45) is 15.2 Å². The normalized spacial score (nSPS) is 17.2. The molecule has 0 radical (unpaired) electrons. The molecule has 2 N–H and O–H groups in total. The van der Waals surface area contributed by atoms with E-state index < -0.39 is 23.6 Å². The molecule has 5 aromatic carbocycles. The van der Waals surface area contributed by atoms with Gasteiger partial charge in [0, 0.05) is 51.8 Å². The smallest absolute Gasteiger partial charge is 0.253 e. The molecule has 1 amide bonds. The van der Waals surface area contributed by atoms with Crippen LogP contribution >= 0.6 is 0 Å². The number of aliphatic hydroxyl groups excluding tert-OH is 1. The molecule has 0 bridgehead atoms. The number of nitrogens with one attached hydrogen (secondary N) is 1. The van der Waals surface area contributed by atoms with Crippen molar-refractivity contribution in [1.82, 2.24) is 5.32 Å². The van der Waals surface area contributed by atoms with E-state index in [4.69, 9.17) is 19.6 Å². The summed E-state index contributed by atoms with van der Waals surface area (Å²) in [6.07, 6.45) is -0.597. The van der Waals surface area contributed by atoms with Crippen LogP contribution in [0, 0.1) is 0 Å². The maximum atomic E-state index is 15.3. The summed E-state index contributed by atoms with van der Waals surface area (Å²) in [6.45, 7) is 0.374. The second-order valence-corrected chi connectivity index (χ2v) is 12.1. The number of benzene rings is 5. The Morgan fingerprint density at radius 2 is 1.39 bits per heavy atom. The van der Waals surface area contributed by atoms with Gasteiger partial charge < -0.3 is 19.9 Å². The molecule has 0 saturated heterocycles. The fraction of sp³-hybridized carbons (Fsp3) is 0.179. The number of aliphatic hydroxyl groups is 1. The van der Waals surface area contributed by atoms with Crippen LogP contribution in [-0.4, -0.2) is 35.7 Å². The molecule has 0 fully saturated rings. The molecule has 5 aromatic rings. The van der Waals surface area contributed by atoms with Crippen molar-refractivity contribution in [3.8, 4) is 16.9 Å². The Morgan fingerprint density at radius 1 is 0.804 bits per heavy atom. The average molecular weight is 677 g/mol. The molecule has 7 rings (SSSR count). The maximum absolute atomic E-state index is 15.3. The van der Waals surface area contributed by atoms with Crippen molar-refractivity contribution in [3.63, 3.8) is 0 Å². The number of amides is 1. The number of nitrogens with zero attached hydrogens (tertiary/aromatic N) is 7. The van der Waals surface area contributed by atoms with E-state index in [1.807, 2.05) is 48.5 Å². The maximum Gasteiger partial charge on any atom is 0.253 e. The van der Waals surface area contributed by atoms with Gasteiger partial charge in [-0.15, -0.1) is 0 Å². The number of hydrogen-bond donors (Lipinski definition) is 2. The highest BCUT2D eigenvalue weighted by atomic mass is 16.5. The van der Waals surface area contributed by atoms with Gasteiger partial charge in [-0.3, -0.25) is 4.79 Å². The zero-order valence-corrected chi connectivity index (χ0v) is 27.3. The minimum atomic E-state index is -1.68. The molecule has 12 nitrogen and oxygen atoms in total. The number of carbonyl (C=O) groups is 1. The molecule has 51 heavy (non-hydrogen) atoms. The summed E-state index contributed by atoms with van der Waals surface area (Å²) in [5.41, 5.74) is 23.4. The molecular formula is C39H32N8O4. The van der Waals surface area contributed by atoms with Crippen molar-refractivity contribution in [2.75, 3.05) is 13.2 Å². The third-order valence-corrected chi connectivity index (χ3v) is 9.11. The summed E-state index contributed by atoms with van der Waals surface area (Å²) < 4.78 is 12.4. The minimum absolute atomic E-state index is 0.0203. The number of fused-ring (bicyclic) bond motifs is 3. The predicted molar refractivity (Wildman–Crippen MR) is 193 cm³/mol. The van der Waals surface area contributed by atoms with Crippen LogP contribution < -0.4 is 10.1 Å². The Morgan fingerprint density at radius 3 is 2.06 bits per heavy atom. The lowest BCUT2D eigenvalue weighted by molar-refractivity contribution is -0.129. The highest BCUT2D eigenvalue weighted by Crippen LogP contribution is 2.48. The van der Waals surface area contributed by atoms with Crippen LogP contribution in [0.25, 0.3) is 32.0 Å². The summed E-state index contributed by atoms with van der Waals surface area (Å²) in [6, 6.07) is 36.5. The van der Waals surface area contributed by atoms with E-state index in [1.54, 1.807) is 72.8 Å². The first kappa shape index (κ1) is 32.9. The molecule has 0 unspecified atom stereocenters. The van der Waals surface area contributed by atoms with E-state index in [2.05, 4.69) is 25.4 Å². The van der Waals surface area contributed by atoms with Gasteiger partial charge in [-0.25, -0.2) is 4.99 Å². The second kappa shape index (κ2) is 14.5. The topological polar surface area (TPSA) is 178 Å². The Bertz CT molecular complexity index is 2180. The lowest BCUT2D eigenvalue weighted by Gasteiger charge is -2.33. The molecule has 2 atom stereocenters. The largest absolute Gasteiger partial charge is 0.494 e. The Kier molecular flexibility index (Phi) is 9.36. The van der Waals surface area contributed by atoms with Crippen LogP contribution in [0.4, 0.5) is 11.4 Å². The summed E-state index contributed by atoms with van der Waals surface area (Å²) in [5.74, 6) is 0.359. The summed E-state index contributed by atoms with van der Waals surface area (Å²) in [5, 5.41) is 20.4. The van der Waals surface area contributed by atoms with E-state index in [9.17, 15) is 11.1 Å². The summed E-state index contributed by atoms with van der Waals surface area (Å²) >= 11 is 0. The predicted octanol–water partition coefficient (Wildman–Crippen LogP) is 8.72. The third kappa shape index (κ3) is 6.34. The number of rotatable bonds is 12. The lowest BCUT2D eigenvalue weighted by Crippen LogP contribution is -2.50. The van der Waals surface area contributed by atoms with Crippen LogP contribution in [0.2, 0.25) is 0 Å². The van der Waals surface area contributed by atoms with Crippen LogP contribution in [0.3, 0.4) is 0 Å². The van der Waals surface area contributed by atoms with Crippen LogP contribution in [0.15, 0.2) is 137 Å². The molecule has 1 aliphatic carbocycles. The monoisotopic (exact) mass is 676 g/mol. The molecule has 1 aliphatic heterocycles. The third-order valence-electron chi connectivity index (χ3n) is 9.11. The highest BCUT2D eigenvalue weighted by Gasteiger charge is 2.55. The number of carbonyl (C=O) groups excluding carboxylic acids is 1. The van der Waals surface area contributed by atoms with E-state index in [0.29, 0.717) is 41.2 Å². The first-order valence-electron chi connectivity index (χ1n) is 16.4. The summed E-state index contributed by atoms with van der Waals surface area (Å²) in [7, 11) is 0. The van der Waals surface area contributed by atoms with Gasteiger partial charge in [0.05, 0.1) is 12.6 Å². The van der Waals surface area contributed by atoms with Gasteiger partial charge in [-0.05, 0) is 63.1 Å². The minimum Gasteiger partial charge on any atom is -0.494 e. The van der Waals surface area contributed by atoms with E-state index >= 15 is 4.79 Å². The van der Waals surface area contributed by atoms with Gasteiger partial charge in [0.1, 0.15) is 5.75 Å². The zero-order valence-electron chi connectivity index (χ0n) is 27.3. The Labute approximate surface area is 293 Å². The molecule has 2 aliphatic rings. The fourth-order valence-electron chi connectivity index (χ4n) is 6.77. The van der Waals surface area contributed by atoms with Crippen LogP contribution in [-0.2, 0) is 16.0 Å². The van der Waals surface area contributed by atoms with E-state index in [0.717, 1.165) is 22.3 Å². The zero-order chi connectivity index (χ0) is 35.2. The van der Waals surface area contributed by atoms with Crippen LogP contribution in [0.5, 0.6) is 5.75 Å². The molecule has 0 saturated carbocycles. The van der Waals surface area contributed by atoms with Crippen molar-refractivity contribution < 1.29 is 19.4 Å². The molecule has 0 spiro atoms. The van der Waals surface area contributed by atoms with E-state index in [1.165, 1.54) is 0 Å². The molecule has 0 aromatic heterocycles. The van der Waals surface area contributed by atoms with Crippen molar-refractivity contribution in [2.45, 2.75) is 30.5 Å². The lowest BCUT2D eigenvalue weighted by atomic mass is 9.80.